The van der Waals surface area contributed by atoms with E-state index in [2.05, 4.69) is 24.5 Å². The Morgan fingerprint density at radius 2 is 1.68 bits per heavy atom. The Morgan fingerprint density at radius 3 is 2.36 bits per heavy atom. The molecule has 1 aliphatic carbocycles. The van der Waals surface area contributed by atoms with Crippen LogP contribution in [0.1, 0.15) is 103 Å². The number of aliphatic hydroxyl groups excluding tert-OH is 1. The number of hydroxylamine groups is 2. The van der Waals surface area contributed by atoms with E-state index in [9.17, 15) is 24.0 Å². The molecular weight excluding hydrogens is 726 g/mol. The Kier molecular flexibility index (Phi) is 13.2. The lowest BCUT2D eigenvalue weighted by Crippen LogP contribution is -2.69. The van der Waals surface area contributed by atoms with Crippen molar-refractivity contribution in [2.24, 2.45) is 10.8 Å². The zero-order valence-corrected chi connectivity index (χ0v) is 32.9. The van der Waals surface area contributed by atoms with Gasteiger partial charge in [0.2, 0.25) is 17.9 Å². The second kappa shape index (κ2) is 17.7. The molecule has 4 heterocycles. The molecule has 308 valence electrons. The maximum atomic E-state index is 14.6. The summed E-state index contributed by atoms with van der Waals surface area (Å²) in [6.45, 7) is 7.92. The molecule has 1 saturated carbocycles. The molecule has 7 atom stereocenters. The number of nitrogens with zero attached hydrogens (tertiary/aromatic N) is 1. The first-order valence-electron chi connectivity index (χ1n) is 20.2. The standard InChI is InChI=1S/C41H57N3O12/c1-5-7-11-18-40(19-12-8-6-2)54-31-28-23-41(38(50)43-20-17-29(46)42-21-22-45)33(36(48)52-28)44(56-34(41)32(31)55-40)24-27-14-10-9-13-26(27)15-16-30(47)53-35-37(49)51-25-39(35,3)4/h9-10,13-16,28,31-35,45H,5-8,11-12,17-25H2,1-4H3,(H,42,46)(H,43,50)/t28?,31-,32-,33-,34+,35-,41?/m0/s1. The van der Waals surface area contributed by atoms with Crippen LogP contribution in [0.4, 0.5) is 0 Å². The van der Waals surface area contributed by atoms with Crippen molar-refractivity contribution < 1.29 is 57.6 Å². The van der Waals surface area contributed by atoms with Gasteiger partial charge in [0, 0.05) is 50.3 Å². The van der Waals surface area contributed by atoms with Crippen molar-refractivity contribution in [3.8, 4) is 0 Å². The first-order chi connectivity index (χ1) is 26.9. The number of cyclic esters (lactones) is 1. The van der Waals surface area contributed by atoms with E-state index in [1.165, 1.54) is 11.1 Å². The molecule has 2 bridgehead atoms. The lowest BCUT2D eigenvalue weighted by molar-refractivity contribution is -0.224. The minimum Gasteiger partial charge on any atom is -0.462 e. The third kappa shape index (κ3) is 8.52. The third-order valence-corrected chi connectivity index (χ3v) is 11.6. The number of esters is 3. The molecule has 56 heavy (non-hydrogen) atoms. The van der Waals surface area contributed by atoms with Crippen LogP contribution in [0.15, 0.2) is 30.3 Å². The van der Waals surface area contributed by atoms with Gasteiger partial charge in [-0.1, -0.05) is 77.6 Å². The van der Waals surface area contributed by atoms with Crippen LogP contribution in [-0.4, -0.2) is 109 Å². The Bertz CT molecular complexity index is 1640. The number of rotatable bonds is 19. The number of carbonyl (C=O) groups is 5. The van der Waals surface area contributed by atoms with Gasteiger partial charge in [0.25, 0.3) is 0 Å². The highest BCUT2D eigenvalue weighted by Crippen LogP contribution is 2.58. The average Bonchev–Trinajstić information content (AvgIpc) is 3.81. The Morgan fingerprint density at radius 1 is 0.964 bits per heavy atom. The van der Waals surface area contributed by atoms with E-state index in [0.717, 1.165) is 38.5 Å². The number of hydrogen-bond acceptors (Lipinski definition) is 13. The van der Waals surface area contributed by atoms with Gasteiger partial charge in [0.05, 0.1) is 13.2 Å². The molecule has 0 radical (unpaired) electrons. The van der Waals surface area contributed by atoms with Crippen molar-refractivity contribution >= 4 is 35.8 Å². The van der Waals surface area contributed by atoms with Crippen molar-refractivity contribution in [3.63, 3.8) is 0 Å². The van der Waals surface area contributed by atoms with Crippen molar-refractivity contribution in [3.05, 3.63) is 41.5 Å². The molecule has 15 nitrogen and oxygen atoms in total. The summed E-state index contributed by atoms with van der Waals surface area (Å²) in [4.78, 5) is 72.9. The third-order valence-electron chi connectivity index (χ3n) is 11.6. The maximum Gasteiger partial charge on any atom is 0.348 e. The number of carbonyl (C=O) groups excluding carboxylic acids is 5. The van der Waals surface area contributed by atoms with Crippen LogP contribution < -0.4 is 10.6 Å². The van der Waals surface area contributed by atoms with Crippen LogP contribution in [0.25, 0.3) is 6.08 Å². The number of unbranched alkanes of at least 4 members (excludes halogenated alkanes) is 4. The van der Waals surface area contributed by atoms with Crippen LogP contribution in [0.3, 0.4) is 0 Å². The summed E-state index contributed by atoms with van der Waals surface area (Å²) >= 11 is 0. The van der Waals surface area contributed by atoms with E-state index in [0.29, 0.717) is 24.0 Å². The zero-order valence-electron chi connectivity index (χ0n) is 32.9. The second-order valence-corrected chi connectivity index (χ2v) is 16.2. The van der Waals surface area contributed by atoms with E-state index >= 15 is 0 Å². The number of hydrogen-bond donors (Lipinski definition) is 3. The monoisotopic (exact) mass is 783 g/mol. The summed E-state index contributed by atoms with van der Waals surface area (Å²) < 4.78 is 30.5. The van der Waals surface area contributed by atoms with Crippen molar-refractivity contribution in [2.75, 3.05) is 26.3 Å². The number of nitrogens with one attached hydrogen (secondary N) is 2. The maximum absolute atomic E-state index is 14.6. The Balaban J connectivity index is 1.28. The first kappa shape index (κ1) is 41.7. The van der Waals surface area contributed by atoms with Gasteiger partial charge in [-0.05, 0) is 30.0 Å². The van der Waals surface area contributed by atoms with Gasteiger partial charge in [-0.2, -0.15) is 5.06 Å². The molecule has 5 aliphatic rings. The number of ether oxygens (including phenoxy) is 5. The van der Waals surface area contributed by atoms with Gasteiger partial charge in [-0.3, -0.25) is 19.2 Å². The van der Waals surface area contributed by atoms with Crippen LogP contribution in [0, 0.1) is 10.8 Å². The second-order valence-electron chi connectivity index (χ2n) is 16.2. The molecule has 6 rings (SSSR count). The normalized spacial score (nSPS) is 29.8. The highest BCUT2D eigenvalue weighted by molar-refractivity contribution is 5.94. The van der Waals surface area contributed by atoms with Gasteiger partial charge in [-0.25, -0.2) is 9.59 Å². The number of fused-ring (bicyclic) bond motifs is 4. The number of aliphatic hydroxyl groups is 1. The van der Waals surface area contributed by atoms with E-state index in [1.54, 1.807) is 32.1 Å². The largest absolute Gasteiger partial charge is 0.462 e. The molecule has 4 aliphatic heterocycles. The van der Waals surface area contributed by atoms with E-state index in [1.807, 2.05) is 12.1 Å². The summed E-state index contributed by atoms with van der Waals surface area (Å²) in [6.07, 6.45) is 5.94. The van der Waals surface area contributed by atoms with Gasteiger partial charge >= 0.3 is 17.9 Å². The molecule has 5 fully saturated rings. The zero-order chi connectivity index (χ0) is 40.1. The van der Waals surface area contributed by atoms with Gasteiger partial charge < -0.3 is 39.4 Å². The molecule has 15 heteroatoms. The van der Waals surface area contributed by atoms with Crippen LogP contribution >= 0.6 is 0 Å². The Labute approximate surface area is 328 Å². The fourth-order valence-corrected chi connectivity index (χ4v) is 8.69. The van der Waals surface area contributed by atoms with Crippen molar-refractivity contribution in [1.29, 1.82) is 0 Å². The smallest absolute Gasteiger partial charge is 0.348 e. The molecule has 3 N–H and O–H groups in total. The number of benzene rings is 1. The predicted molar refractivity (Wildman–Crippen MR) is 200 cm³/mol. The highest BCUT2D eigenvalue weighted by Gasteiger charge is 2.76. The van der Waals surface area contributed by atoms with E-state index < -0.39 is 77.0 Å². The van der Waals surface area contributed by atoms with Crippen molar-refractivity contribution in [2.45, 2.75) is 141 Å². The molecule has 1 aromatic carbocycles. The molecule has 4 saturated heterocycles. The minimum absolute atomic E-state index is 0.0000850. The van der Waals surface area contributed by atoms with E-state index in [-0.39, 0.29) is 51.6 Å². The van der Waals surface area contributed by atoms with Gasteiger partial charge in [0.15, 0.2) is 11.8 Å². The van der Waals surface area contributed by atoms with Crippen LogP contribution in [0.5, 0.6) is 0 Å². The van der Waals surface area contributed by atoms with Gasteiger partial charge in [0.1, 0.15) is 36.4 Å². The predicted octanol–water partition coefficient (Wildman–Crippen LogP) is 3.25. The molecule has 1 aromatic rings. The lowest BCUT2D eigenvalue weighted by atomic mass is 9.62. The summed E-state index contributed by atoms with van der Waals surface area (Å²) in [7, 11) is 0. The fraction of sp³-hybridized carbons (Fsp3) is 0.683. The summed E-state index contributed by atoms with van der Waals surface area (Å²) in [5.41, 5.74) is -0.806. The quantitative estimate of drug-likeness (QED) is 0.0804. The first-order valence-corrected chi connectivity index (χ1v) is 20.2. The molecule has 2 unspecified atom stereocenters. The average molecular weight is 784 g/mol. The Hall–Kier alpha value is -3.89. The SMILES string of the molecule is CCCCCC1(CCCCC)O[C@@H]2[C@H]3ON(Cc4ccccc4C=CC(=O)O[C@H]4C(=O)OCC4(C)C)[C@H]4C(=O)OC(CC34C(=O)NCCC(=O)NCCO)[C@@H]2O1. The molecule has 0 aromatic heterocycles. The van der Waals surface area contributed by atoms with Crippen LogP contribution in [0.2, 0.25) is 0 Å². The van der Waals surface area contributed by atoms with E-state index in [4.69, 9.17) is 33.6 Å². The topological polar surface area (TPSA) is 188 Å². The molecule has 2 amide bonds. The van der Waals surface area contributed by atoms with Crippen molar-refractivity contribution in [1.82, 2.24) is 15.7 Å². The minimum atomic E-state index is -1.44. The molecule has 0 spiro atoms. The highest BCUT2D eigenvalue weighted by atomic mass is 16.8. The fourth-order valence-electron chi connectivity index (χ4n) is 8.69. The number of amides is 2. The van der Waals surface area contributed by atoms with Crippen LogP contribution in [-0.2, 0) is 59.0 Å². The summed E-state index contributed by atoms with van der Waals surface area (Å²) in [5, 5.41) is 16.1. The summed E-state index contributed by atoms with van der Waals surface area (Å²) in [6, 6.07) is 6.07. The van der Waals surface area contributed by atoms with Gasteiger partial charge in [-0.15, -0.1) is 0 Å². The molecular formula is C41H57N3O12. The lowest BCUT2D eigenvalue weighted by Gasteiger charge is -2.48. The summed E-state index contributed by atoms with van der Waals surface area (Å²) in [5.74, 6) is -3.64.